The number of aryl methyl sites for hydroxylation is 1. The van der Waals surface area contributed by atoms with Crippen LogP contribution < -0.4 is 10.0 Å². The number of thiophene rings is 1. The number of hydrogen-bond acceptors (Lipinski definition) is 5. The van der Waals surface area contributed by atoms with Crippen LogP contribution in [0.25, 0.3) is 0 Å². The fourth-order valence-corrected chi connectivity index (χ4v) is 6.17. The molecular formula is C12H20N2O2S3. The molecule has 2 heterocycles. The Balaban J connectivity index is 2.12. The van der Waals surface area contributed by atoms with Gasteiger partial charge >= 0.3 is 0 Å². The molecular weight excluding hydrogens is 300 g/mol. The van der Waals surface area contributed by atoms with E-state index < -0.39 is 10.0 Å². The van der Waals surface area contributed by atoms with Crippen LogP contribution >= 0.6 is 23.1 Å². The lowest BCUT2D eigenvalue weighted by molar-refractivity contribution is 0.563. The molecule has 1 aliphatic heterocycles. The predicted molar refractivity (Wildman–Crippen MR) is 82.5 cm³/mol. The molecule has 0 radical (unpaired) electrons. The van der Waals surface area contributed by atoms with Gasteiger partial charge in [-0.05, 0) is 31.7 Å². The highest BCUT2D eigenvalue weighted by Crippen LogP contribution is 2.27. The van der Waals surface area contributed by atoms with E-state index in [1.54, 1.807) is 29.2 Å². The van der Waals surface area contributed by atoms with Crippen LogP contribution in [0.1, 0.15) is 23.1 Å². The molecule has 1 atom stereocenters. The average Bonchev–Trinajstić information content (AvgIpc) is 2.95. The van der Waals surface area contributed by atoms with Crippen LogP contribution in [0.4, 0.5) is 0 Å². The Labute approximate surface area is 123 Å². The fourth-order valence-electron chi connectivity index (χ4n) is 2.04. The first-order valence-corrected chi connectivity index (χ1v) is 9.88. The Morgan fingerprint density at radius 1 is 1.47 bits per heavy atom. The summed E-state index contributed by atoms with van der Waals surface area (Å²) in [5.41, 5.74) is 0. The van der Waals surface area contributed by atoms with Crippen molar-refractivity contribution in [1.82, 2.24) is 10.0 Å². The molecule has 0 aliphatic carbocycles. The molecule has 1 fully saturated rings. The fraction of sp³-hybridized carbons (Fsp3) is 0.667. The molecule has 108 valence electrons. The summed E-state index contributed by atoms with van der Waals surface area (Å²) in [5.74, 6) is 1.92. The van der Waals surface area contributed by atoms with Crippen molar-refractivity contribution in [3.63, 3.8) is 0 Å². The SMILES string of the molecule is CCNCc1cc(S(=O)(=O)NC2CCSC2)c(C)s1. The summed E-state index contributed by atoms with van der Waals surface area (Å²) in [6.45, 7) is 5.53. The smallest absolute Gasteiger partial charge is 0.241 e. The quantitative estimate of drug-likeness (QED) is 0.841. The van der Waals surface area contributed by atoms with E-state index in [1.807, 2.05) is 13.8 Å². The van der Waals surface area contributed by atoms with Crippen molar-refractivity contribution < 1.29 is 8.42 Å². The summed E-state index contributed by atoms with van der Waals surface area (Å²) in [6, 6.07) is 1.89. The Bertz CT molecular complexity index is 519. The monoisotopic (exact) mass is 320 g/mol. The zero-order chi connectivity index (χ0) is 13.9. The standard InChI is InChI=1S/C12H20N2O2S3/c1-3-13-7-11-6-12(9(2)18-11)19(15,16)14-10-4-5-17-8-10/h6,10,13-14H,3-5,7-8H2,1-2H3. The van der Waals surface area contributed by atoms with Gasteiger partial charge in [-0.3, -0.25) is 0 Å². The Morgan fingerprint density at radius 3 is 2.89 bits per heavy atom. The maximum Gasteiger partial charge on any atom is 0.241 e. The molecule has 0 amide bonds. The third-order valence-corrected chi connectivity index (χ3v) is 7.00. The van der Waals surface area contributed by atoms with Gasteiger partial charge in [0.15, 0.2) is 0 Å². The van der Waals surface area contributed by atoms with Crippen LogP contribution in [0.5, 0.6) is 0 Å². The van der Waals surface area contributed by atoms with E-state index in [4.69, 9.17) is 0 Å². The molecule has 0 saturated carbocycles. The lowest BCUT2D eigenvalue weighted by Gasteiger charge is -2.11. The largest absolute Gasteiger partial charge is 0.312 e. The predicted octanol–water partition coefficient (Wildman–Crippen LogP) is 1.95. The highest BCUT2D eigenvalue weighted by Gasteiger charge is 2.25. The number of sulfonamides is 1. The Morgan fingerprint density at radius 2 is 2.26 bits per heavy atom. The second-order valence-corrected chi connectivity index (χ2v) is 8.77. The van der Waals surface area contributed by atoms with Crippen LogP contribution in [0, 0.1) is 6.92 Å². The van der Waals surface area contributed by atoms with Crippen molar-refractivity contribution in [1.29, 1.82) is 0 Å². The molecule has 7 heteroatoms. The molecule has 0 aromatic carbocycles. The molecule has 1 saturated heterocycles. The molecule has 2 N–H and O–H groups in total. The third kappa shape index (κ3) is 3.95. The van der Waals surface area contributed by atoms with Crippen LogP contribution in [-0.2, 0) is 16.6 Å². The second-order valence-electron chi connectivity index (χ2n) is 4.60. The van der Waals surface area contributed by atoms with Gasteiger partial charge in [0.1, 0.15) is 0 Å². The third-order valence-electron chi connectivity index (χ3n) is 3.01. The van der Waals surface area contributed by atoms with E-state index in [0.717, 1.165) is 40.8 Å². The normalized spacial score (nSPS) is 20.0. The summed E-state index contributed by atoms with van der Waals surface area (Å²) in [4.78, 5) is 2.38. The average molecular weight is 321 g/mol. The molecule has 4 nitrogen and oxygen atoms in total. The first-order chi connectivity index (χ1) is 9.03. The van der Waals surface area contributed by atoms with Gasteiger partial charge in [0.05, 0.1) is 4.90 Å². The summed E-state index contributed by atoms with van der Waals surface area (Å²) >= 11 is 3.36. The van der Waals surface area contributed by atoms with Crippen molar-refractivity contribution in [2.24, 2.45) is 0 Å². The molecule has 1 aliphatic rings. The van der Waals surface area contributed by atoms with Crippen molar-refractivity contribution in [3.8, 4) is 0 Å². The summed E-state index contributed by atoms with van der Waals surface area (Å²) in [7, 11) is -3.36. The van der Waals surface area contributed by atoms with Crippen LogP contribution in [0.3, 0.4) is 0 Å². The second kappa shape index (κ2) is 6.58. The minimum absolute atomic E-state index is 0.0894. The minimum Gasteiger partial charge on any atom is -0.312 e. The lowest BCUT2D eigenvalue weighted by Crippen LogP contribution is -2.34. The van der Waals surface area contributed by atoms with Gasteiger partial charge < -0.3 is 5.32 Å². The van der Waals surface area contributed by atoms with E-state index in [-0.39, 0.29) is 6.04 Å². The topological polar surface area (TPSA) is 58.2 Å². The van der Waals surface area contributed by atoms with Gasteiger partial charge in [0, 0.05) is 28.1 Å². The summed E-state index contributed by atoms with van der Waals surface area (Å²) in [6.07, 6.45) is 0.928. The highest BCUT2D eigenvalue weighted by atomic mass is 32.2. The van der Waals surface area contributed by atoms with E-state index >= 15 is 0 Å². The number of nitrogens with one attached hydrogen (secondary N) is 2. The molecule has 1 unspecified atom stereocenters. The zero-order valence-corrected chi connectivity index (χ0v) is 13.7. The van der Waals surface area contributed by atoms with E-state index in [9.17, 15) is 8.42 Å². The first kappa shape index (κ1) is 15.3. The highest BCUT2D eigenvalue weighted by molar-refractivity contribution is 7.99. The first-order valence-electron chi connectivity index (χ1n) is 6.43. The lowest BCUT2D eigenvalue weighted by atomic mass is 10.3. The van der Waals surface area contributed by atoms with E-state index in [1.165, 1.54) is 0 Å². The van der Waals surface area contributed by atoms with Gasteiger partial charge in [0.25, 0.3) is 0 Å². The number of hydrogen-bond donors (Lipinski definition) is 2. The molecule has 1 aromatic rings. The van der Waals surface area contributed by atoms with E-state index in [0.29, 0.717) is 4.90 Å². The van der Waals surface area contributed by atoms with Gasteiger partial charge in [-0.1, -0.05) is 6.92 Å². The Hall–Kier alpha value is -0.0800. The minimum atomic E-state index is -3.36. The van der Waals surface area contributed by atoms with Gasteiger partial charge in [-0.2, -0.15) is 11.8 Å². The van der Waals surface area contributed by atoms with Gasteiger partial charge in [0.2, 0.25) is 10.0 Å². The zero-order valence-electron chi connectivity index (χ0n) is 11.2. The van der Waals surface area contributed by atoms with Crippen molar-refractivity contribution >= 4 is 33.1 Å². The van der Waals surface area contributed by atoms with Crippen LogP contribution in [-0.4, -0.2) is 32.5 Å². The van der Waals surface area contributed by atoms with Crippen molar-refractivity contribution in [2.75, 3.05) is 18.1 Å². The van der Waals surface area contributed by atoms with Crippen LogP contribution in [0.15, 0.2) is 11.0 Å². The van der Waals surface area contributed by atoms with Crippen molar-refractivity contribution in [2.45, 2.75) is 37.8 Å². The number of thioether (sulfide) groups is 1. The molecule has 0 bridgehead atoms. The molecule has 2 rings (SSSR count). The van der Waals surface area contributed by atoms with Gasteiger partial charge in [-0.15, -0.1) is 11.3 Å². The van der Waals surface area contributed by atoms with Gasteiger partial charge in [-0.25, -0.2) is 13.1 Å². The summed E-state index contributed by atoms with van der Waals surface area (Å²) in [5, 5.41) is 3.22. The number of rotatable bonds is 6. The maximum absolute atomic E-state index is 12.4. The van der Waals surface area contributed by atoms with Crippen LogP contribution in [0.2, 0.25) is 0 Å². The summed E-state index contributed by atoms with van der Waals surface area (Å²) < 4.78 is 27.5. The van der Waals surface area contributed by atoms with E-state index in [2.05, 4.69) is 10.0 Å². The van der Waals surface area contributed by atoms with Crippen molar-refractivity contribution in [3.05, 3.63) is 15.8 Å². The molecule has 19 heavy (non-hydrogen) atoms. The Kier molecular flexibility index (Phi) is 5.30. The molecule has 1 aromatic heterocycles. The molecule has 0 spiro atoms. The maximum atomic E-state index is 12.4.